The second-order valence-electron chi connectivity index (χ2n) is 4.40. The molecular formula is C15H11Cl2N3O. The van der Waals surface area contributed by atoms with Crippen molar-refractivity contribution in [3.63, 3.8) is 0 Å². The summed E-state index contributed by atoms with van der Waals surface area (Å²) in [6.07, 6.45) is 0. The van der Waals surface area contributed by atoms with Gasteiger partial charge >= 0.3 is 5.68 Å². The number of hydrogen-bond acceptors (Lipinski definition) is 3. The summed E-state index contributed by atoms with van der Waals surface area (Å²) in [7, 11) is 1.78. The van der Waals surface area contributed by atoms with Gasteiger partial charge in [-0.05, 0) is 48.5 Å². The molecule has 0 spiro atoms. The number of hydrogen-bond donors (Lipinski definition) is 0. The zero-order chi connectivity index (χ0) is 14.8. The molecule has 0 atom stereocenters. The number of nitrogens with zero attached hydrogens (tertiary/aromatic N) is 3. The maximum atomic E-state index is 5.88. The number of aromatic nitrogens is 2. The molecule has 21 heavy (non-hydrogen) atoms. The molecule has 4 nitrogen and oxygen atoms in total. The molecule has 0 saturated heterocycles. The normalized spacial score (nSPS) is 11.9. The lowest BCUT2D eigenvalue weighted by molar-refractivity contribution is 0.280. The molecule has 3 rings (SSSR count). The highest BCUT2D eigenvalue weighted by Gasteiger charge is 2.07. The predicted octanol–water partition coefficient (Wildman–Crippen LogP) is 4.22. The maximum absolute atomic E-state index is 5.88. The predicted molar refractivity (Wildman–Crippen MR) is 82.6 cm³/mol. The average molecular weight is 320 g/mol. The molecule has 2 aromatic carbocycles. The van der Waals surface area contributed by atoms with Crippen LogP contribution in [-0.4, -0.2) is 9.72 Å². The summed E-state index contributed by atoms with van der Waals surface area (Å²) < 4.78 is 7.07. The minimum Gasteiger partial charge on any atom is -0.336 e. The Kier molecular flexibility index (Phi) is 3.82. The van der Waals surface area contributed by atoms with E-state index in [4.69, 9.17) is 27.7 Å². The Morgan fingerprint density at radius 2 is 1.52 bits per heavy atom. The van der Waals surface area contributed by atoms with E-state index in [0.29, 0.717) is 15.9 Å². The first kappa shape index (κ1) is 13.9. The van der Waals surface area contributed by atoms with E-state index >= 15 is 0 Å². The van der Waals surface area contributed by atoms with Crippen molar-refractivity contribution in [1.82, 2.24) is 9.72 Å². The fourth-order valence-electron chi connectivity index (χ4n) is 1.86. The summed E-state index contributed by atoms with van der Waals surface area (Å²) in [5, 5.41) is 1.34. The standard InChI is InChI=1S/C15H11Cl2N3O/c1-20-14(10-2-4-11(16)5-3-10)19-15(21-20)18-13-8-6-12(17)7-9-13/h2-9H,1H3. The van der Waals surface area contributed by atoms with Gasteiger partial charge in [0.15, 0.2) is 5.82 Å². The number of halogens is 2. The van der Waals surface area contributed by atoms with Gasteiger partial charge in [0, 0.05) is 22.7 Å². The van der Waals surface area contributed by atoms with Crippen LogP contribution < -0.4 is 5.68 Å². The molecule has 0 aliphatic rings. The SMILES string of the molecule is Cn1oc(=Nc2ccc(Cl)cc2)nc1-c1ccc(Cl)cc1. The van der Waals surface area contributed by atoms with Gasteiger partial charge in [0.2, 0.25) is 0 Å². The van der Waals surface area contributed by atoms with E-state index in [1.807, 2.05) is 24.3 Å². The van der Waals surface area contributed by atoms with Crippen molar-refractivity contribution >= 4 is 28.9 Å². The van der Waals surface area contributed by atoms with E-state index < -0.39 is 0 Å². The number of benzene rings is 2. The summed E-state index contributed by atoms with van der Waals surface area (Å²) in [5.41, 5.74) is 1.91. The lowest BCUT2D eigenvalue weighted by atomic mass is 10.2. The summed E-state index contributed by atoms with van der Waals surface area (Å²) >= 11 is 11.7. The third kappa shape index (κ3) is 3.17. The third-order valence-electron chi connectivity index (χ3n) is 2.87. The van der Waals surface area contributed by atoms with Gasteiger partial charge < -0.3 is 4.52 Å². The van der Waals surface area contributed by atoms with Crippen molar-refractivity contribution in [3.8, 4) is 11.4 Å². The van der Waals surface area contributed by atoms with E-state index in [2.05, 4.69) is 9.98 Å². The molecule has 1 heterocycles. The van der Waals surface area contributed by atoms with Gasteiger partial charge in [-0.15, -0.1) is 0 Å². The fourth-order valence-corrected chi connectivity index (χ4v) is 2.12. The first-order valence-corrected chi connectivity index (χ1v) is 6.98. The van der Waals surface area contributed by atoms with E-state index in [1.54, 1.807) is 36.1 Å². The number of aryl methyl sites for hydroxylation is 1. The van der Waals surface area contributed by atoms with Crippen LogP contribution in [0.15, 0.2) is 58.0 Å². The topological polar surface area (TPSA) is 43.3 Å². The fraction of sp³-hybridized carbons (Fsp3) is 0.0667. The van der Waals surface area contributed by atoms with E-state index in [-0.39, 0.29) is 5.68 Å². The average Bonchev–Trinajstić information content (AvgIpc) is 2.83. The molecule has 106 valence electrons. The molecule has 0 saturated carbocycles. The van der Waals surface area contributed by atoms with Crippen LogP contribution in [0.25, 0.3) is 11.4 Å². The summed E-state index contributed by atoms with van der Waals surface area (Å²) in [6, 6.07) is 14.5. The molecule has 0 aliphatic carbocycles. The van der Waals surface area contributed by atoms with Gasteiger partial charge in [0.1, 0.15) is 0 Å². The molecule has 0 amide bonds. The summed E-state index contributed by atoms with van der Waals surface area (Å²) in [5.74, 6) is 0.680. The Balaban J connectivity index is 2.01. The van der Waals surface area contributed by atoms with Gasteiger partial charge in [-0.2, -0.15) is 14.7 Å². The van der Waals surface area contributed by atoms with Gasteiger partial charge in [0.25, 0.3) is 0 Å². The molecule has 0 aliphatic heterocycles. The van der Waals surface area contributed by atoms with Crippen LogP contribution in [0.2, 0.25) is 10.0 Å². The maximum Gasteiger partial charge on any atom is 0.345 e. The molecule has 0 unspecified atom stereocenters. The Morgan fingerprint density at radius 3 is 2.14 bits per heavy atom. The van der Waals surface area contributed by atoms with Gasteiger partial charge in [-0.25, -0.2) is 0 Å². The minimum absolute atomic E-state index is 0.282. The van der Waals surface area contributed by atoms with Gasteiger partial charge in [-0.1, -0.05) is 23.2 Å². The van der Waals surface area contributed by atoms with Gasteiger partial charge in [-0.3, -0.25) is 0 Å². The van der Waals surface area contributed by atoms with Gasteiger partial charge in [0.05, 0.1) is 5.69 Å². The second kappa shape index (κ2) is 5.76. The van der Waals surface area contributed by atoms with Crippen molar-refractivity contribution in [2.45, 2.75) is 0 Å². The molecule has 1 aromatic heterocycles. The van der Waals surface area contributed by atoms with Crippen LogP contribution in [0.1, 0.15) is 0 Å². The molecular weight excluding hydrogens is 309 g/mol. The van der Waals surface area contributed by atoms with Crippen LogP contribution >= 0.6 is 23.2 Å². The van der Waals surface area contributed by atoms with Crippen LogP contribution in [0, 0.1) is 0 Å². The van der Waals surface area contributed by atoms with E-state index in [0.717, 1.165) is 11.3 Å². The smallest absolute Gasteiger partial charge is 0.336 e. The Bertz CT molecular complexity index is 817. The largest absolute Gasteiger partial charge is 0.345 e. The van der Waals surface area contributed by atoms with Crippen LogP contribution in [0.3, 0.4) is 0 Å². The lowest BCUT2D eigenvalue weighted by Gasteiger charge is -1.98. The Labute approximate surface area is 131 Å². The van der Waals surface area contributed by atoms with Crippen molar-refractivity contribution in [2.24, 2.45) is 12.0 Å². The Morgan fingerprint density at radius 1 is 0.952 bits per heavy atom. The van der Waals surface area contributed by atoms with Crippen molar-refractivity contribution in [1.29, 1.82) is 0 Å². The van der Waals surface area contributed by atoms with Crippen molar-refractivity contribution in [3.05, 3.63) is 64.3 Å². The molecule has 0 radical (unpaired) electrons. The highest BCUT2D eigenvalue weighted by Crippen LogP contribution is 2.19. The molecule has 0 N–H and O–H groups in total. The zero-order valence-electron chi connectivity index (χ0n) is 11.1. The highest BCUT2D eigenvalue weighted by molar-refractivity contribution is 6.30. The highest BCUT2D eigenvalue weighted by atomic mass is 35.5. The van der Waals surface area contributed by atoms with Crippen molar-refractivity contribution in [2.75, 3.05) is 0 Å². The lowest BCUT2D eigenvalue weighted by Crippen LogP contribution is -1.99. The van der Waals surface area contributed by atoms with E-state index in [1.165, 1.54) is 0 Å². The first-order chi connectivity index (χ1) is 10.1. The first-order valence-electron chi connectivity index (χ1n) is 6.22. The molecule has 3 aromatic rings. The monoisotopic (exact) mass is 319 g/mol. The second-order valence-corrected chi connectivity index (χ2v) is 5.27. The van der Waals surface area contributed by atoms with E-state index in [9.17, 15) is 0 Å². The minimum atomic E-state index is 0.282. The molecule has 6 heteroatoms. The third-order valence-corrected chi connectivity index (χ3v) is 3.38. The zero-order valence-corrected chi connectivity index (χ0v) is 12.6. The van der Waals surface area contributed by atoms with Crippen molar-refractivity contribution < 1.29 is 4.52 Å². The molecule has 0 bridgehead atoms. The summed E-state index contributed by atoms with van der Waals surface area (Å²) in [4.78, 5) is 8.70. The van der Waals surface area contributed by atoms with Crippen LogP contribution in [-0.2, 0) is 7.05 Å². The van der Waals surface area contributed by atoms with Crippen LogP contribution in [0.5, 0.6) is 0 Å². The quantitative estimate of drug-likeness (QED) is 0.709. The number of rotatable bonds is 2. The van der Waals surface area contributed by atoms with Crippen LogP contribution in [0.4, 0.5) is 5.69 Å². The molecule has 0 fully saturated rings. The summed E-state index contributed by atoms with van der Waals surface area (Å²) in [6.45, 7) is 0. The Hall–Kier alpha value is -2.04.